The van der Waals surface area contributed by atoms with E-state index >= 15 is 0 Å². The number of hydrogen-bond donors (Lipinski definition) is 2. The number of amides is 2. The Morgan fingerprint density at radius 1 is 1.10 bits per heavy atom. The van der Waals surface area contributed by atoms with Gasteiger partial charge >= 0.3 is 0 Å². The van der Waals surface area contributed by atoms with Crippen molar-refractivity contribution in [1.29, 1.82) is 0 Å². The second kappa shape index (κ2) is 9.06. The van der Waals surface area contributed by atoms with Crippen LogP contribution in [-0.2, 0) is 4.79 Å². The van der Waals surface area contributed by atoms with E-state index in [2.05, 4.69) is 10.3 Å². The monoisotopic (exact) mass is 418 g/mol. The lowest BCUT2D eigenvalue weighted by Gasteiger charge is -2.28. The fraction of sp³-hybridized carbons (Fsp3) is 0.208. The molecule has 1 fully saturated rings. The molecular weight excluding hydrogens is 395 g/mol. The van der Waals surface area contributed by atoms with Gasteiger partial charge in [-0.3, -0.25) is 14.6 Å². The van der Waals surface area contributed by atoms with Crippen LogP contribution in [0.25, 0.3) is 0 Å². The van der Waals surface area contributed by atoms with Gasteiger partial charge in [0.25, 0.3) is 5.91 Å². The van der Waals surface area contributed by atoms with Crippen LogP contribution in [0.3, 0.4) is 0 Å². The molecule has 31 heavy (non-hydrogen) atoms. The highest BCUT2D eigenvalue weighted by Gasteiger charge is 2.33. The maximum Gasteiger partial charge on any atom is 0.255 e. The number of carbonyl (C=O) groups is 2. The van der Waals surface area contributed by atoms with Gasteiger partial charge in [-0.15, -0.1) is 0 Å². The molecule has 1 saturated heterocycles. The summed E-state index contributed by atoms with van der Waals surface area (Å²) < 4.78 is 13.6. The van der Waals surface area contributed by atoms with E-state index in [0.29, 0.717) is 23.4 Å². The number of benzene rings is 2. The standard InChI is InChI=1S/C24H23FN4O2/c25-19-4-1-3-18(15-19)21-5-2-14-29(21)24(31)22(26)16-6-8-17(9-7-16)23(30)28-20-10-12-27-13-11-20/h1,3-4,6-13,15,21-22H,2,5,14,26H2,(H,27,28,30)/t21-,22+/m1/s1. The van der Waals surface area contributed by atoms with Crippen molar-refractivity contribution < 1.29 is 14.0 Å². The number of nitrogens with one attached hydrogen (secondary N) is 1. The van der Waals surface area contributed by atoms with Crippen molar-refractivity contribution in [3.63, 3.8) is 0 Å². The normalized spacial score (nSPS) is 16.7. The fourth-order valence-electron chi connectivity index (χ4n) is 3.89. The van der Waals surface area contributed by atoms with Gasteiger partial charge in [-0.2, -0.15) is 0 Å². The SMILES string of the molecule is N[C@H](C(=O)N1CCC[C@@H]1c1cccc(F)c1)c1ccc(C(=O)Nc2ccncc2)cc1. The number of likely N-dealkylation sites (tertiary alicyclic amines) is 1. The molecule has 2 atom stereocenters. The zero-order valence-electron chi connectivity index (χ0n) is 16.9. The number of rotatable bonds is 5. The van der Waals surface area contributed by atoms with Gasteiger partial charge < -0.3 is 16.0 Å². The molecule has 7 heteroatoms. The Hall–Kier alpha value is -3.58. The van der Waals surface area contributed by atoms with Crippen LogP contribution in [0.4, 0.5) is 10.1 Å². The average Bonchev–Trinajstić information content (AvgIpc) is 3.29. The van der Waals surface area contributed by atoms with Crippen LogP contribution >= 0.6 is 0 Å². The summed E-state index contributed by atoms with van der Waals surface area (Å²) in [6.07, 6.45) is 4.81. The number of halogens is 1. The van der Waals surface area contributed by atoms with E-state index in [0.717, 1.165) is 18.4 Å². The van der Waals surface area contributed by atoms with Gasteiger partial charge in [-0.05, 0) is 60.4 Å². The van der Waals surface area contributed by atoms with Crippen molar-refractivity contribution in [3.05, 3.63) is 95.6 Å². The summed E-state index contributed by atoms with van der Waals surface area (Å²) in [7, 11) is 0. The van der Waals surface area contributed by atoms with Crippen molar-refractivity contribution in [1.82, 2.24) is 9.88 Å². The maximum atomic E-state index is 13.6. The van der Waals surface area contributed by atoms with E-state index in [9.17, 15) is 14.0 Å². The van der Waals surface area contributed by atoms with E-state index in [4.69, 9.17) is 5.73 Å². The molecule has 1 aromatic heterocycles. The van der Waals surface area contributed by atoms with E-state index in [-0.39, 0.29) is 23.7 Å². The van der Waals surface area contributed by atoms with Crippen molar-refractivity contribution in [2.24, 2.45) is 5.73 Å². The molecule has 2 heterocycles. The number of aromatic nitrogens is 1. The smallest absolute Gasteiger partial charge is 0.255 e. The average molecular weight is 418 g/mol. The van der Waals surface area contributed by atoms with Gasteiger partial charge in [0, 0.05) is 30.2 Å². The van der Waals surface area contributed by atoms with Crippen molar-refractivity contribution in [3.8, 4) is 0 Å². The highest BCUT2D eigenvalue weighted by molar-refractivity contribution is 6.04. The first-order chi connectivity index (χ1) is 15.0. The van der Waals surface area contributed by atoms with Crippen LogP contribution in [0.1, 0.15) is 46.4 Å². The van der Waals surface area contributed by atoms with Crippen LogP contribution in [-0.4, -0.2) is 28.2 Å². The Balaban J connectivity index is 1.45. The molecule has 6 nitrogen and oxygen atoms in total. The first kappa shape index (κ1) is 20.7. The molecule has 1 aliphatic rings. The quantitative estimate of drug-likeness (QED) is 0.659. The minimum atomic E-state index is -0.855. The molecule has 0 radical (unpaired) electrons. The van der Waals surface area contributed by atoms with E-state index < -0.39 is 6.04 Å². The number of carbonyl (C=O) groups excluding carboxylic acids is 2. The summed E-state index contributed by atoms with van der Waals surface area (Å²) in [4.78, 5) is 31.1. The van der Waals surface area contributed by atoms with Gasteiger partial charge in [-0.1, -0.05) is 24.3 Å². The maximum absolute atomic E-state index is 13.6. The summed E-state index contributed by atoms with van der Waals surface area (Å²) in [5, 5.41) is 2.79. The predicted molar refractivity (Wildman–Crippen MR) is 116 cm³/mol. The lowest BCUT2D eigenvalue weighted by Crippen LogP contribution is -2.38. The zero-order valence-corrected chi connectivity index (χ0v) is 16.9. The molecular formula is C24H23FN4O2. The molecule has 3 aromatic rings. The topological polar surface area (TPSA) is 88.3 Å². The summed E-state index contributed by atoms with van der Waals surface area (Å²) in [6, 6.07) is 15.4. The first-order valence-corrected chi connectivity index (χ1v) is 10.2. The molecule has 0 aliphatic carbocycles. The Bertz CT molecular complexity index is 1070. The molecule has 1 aliphatic heterocycles. The lowest BCUT2D eigenvalue weighted by molar-refractivity contribution is -0.133. The van der Waals surface area contributed by atoms with Crippen molar-refractivity contribution in [2.75, 3.05) is 11.9 Å². The summed E-state index contributed by atoms with van der Waals surface area (Å²) in [6.45, 7) is 0.583. The van der Waals surface area contributed by atoms with E-state index in [1.54, 1.807) is 59.8 Å². The Morgan fingerprint density at radius 3 is 2.55 bits per heavy atom. The van der Waals surface area contributed by atoms with Crippen LogP contribution in [0.5, 0.6) is 0 Å². The van der Waals surface area contributed by atoms with Crippen LogP contribution in [0, 0.1) is 5.82 Å². The molecule has 0 unspecified atom stereocenters. The second-order valence-electron chi connectivity index (χ2n) is 7.53. The van der Waals surface area contributed by atoms with E-state index in [1.807, 2.05) is 6.07 Å². The van der Waals surface area contributed by atoms with Gasteiger partial charge in [0.15, 0.2) is 0 Å². The number of hydrogen-bond acceptors (Lipinski definition) is 4. The zero-order chi connectivity index (χ0) is 21.8. The third-order valence-corrected chi connectivity index (χ3v) is 5.51. The van der Waals surface area contributed by atoms with Gasteiger partial charge in [-0.25, -0.2) is 4.39 Å². The number of nitrogens with zero attached hydrogens (tertiary/aromatic N) is 2. The van der Waals surface area contributed by atoms with E-state index in [1.165, 1.54) is 12.1 Å². The minimum absolute atomic E-state index is 0.181. The van der Waals surface area contributed by atoms with Gasteiger partial charge in [0.1, 0.15) is 11.9 Å². The fourth-order valence-corrected chi connectivity index (χ4v) is 3.89. The van der Waals surface area contributed by atoms with Crippen LogP contribution < -0.4 is 11.1 Å². The molecule has 158 valence electrons. The van der Waals surface area contributed by atoms with Crippen molar-refractivity contribution >= 4 is 17.5 Å². The summed E-state index contributed by atoms with van der Waals surface area (Å²) in [5.41, 5.74) is 8.77. The highest BCUT2D eigenvalue weighted by atomic mass is 19.1. The third kappa shape index (κ3) is 4.62. The Morgan fingerprint density at radius 2 is 1.84 bits per heavy atom. The molecule has 0 spiro atoms. The largest absolute Gasteiger partial charge is 0.334 e. The first-order valence-electron chi connectivity index (χ1n) is 10.2. The van der Waals surface area contributed by atoms with Crippen molar-refractivity contribution in [2.45, 2.75) is 24.9 Å². The highest BCUT2D eigenvalue weighted by Crippen LogP contribution is 2.34. The van der Waals surface area contributed by atoms with Crippen LogP contribution in [0.2, 0.25) is 0 Å². The molecule has 3 N–H and O–H groups in total. The molecule has 0 saturated carbocycles. The van der Waals surface area contributed by atoms with Gasteiger partial charge in [0.05, 0.1) is 6.04 Å². The van der Waals surface area contributed by atoms with Crippen LogP contribution in [0.15, 0.2) is 73.1 Å². The minimum Gasteiger partial charge on any atom is -0.334 e. The Kier molecular flexibility index (Phi) is 6.04. The third-order valence-electron chi connectivity index (χ3n) is 5.51. The summed E-state index contributed by atoms with van der Waals surface area (Å²) >= 11 is 0. The molecule has 2 amide bonds. The number of pyridine rings is 1. The Labute approximate surface area is 179 Å². The molecule has 2 aromatic carbocycles. The summed E-state index contributed by atoms with van der Waals surface area (Å²) in [5.74, 6) is -0.786. The molecule has 0 bridgehead atoms. The second-order valence-corrected chi connectivity index (χ2v) is 7.53. The predicted octanol–water partition coefficient (Wildman–Crippen LogP) is 3.84. The van der Waals surface area contributed by atoms with Gasteiger partial charge in [0.2, 0.25) is 5.91 Å². The molecule has 4 rings (SSSR count). The number of anilines is 1. The number of nitrogens with two attached hydrogens (primary N) is 1. The lowest BCUT2D eigenvalue weighted by atomic mass is 10.0.